The Labute approximate surface area is 435 Å². The summed E-state index contributed by atoms with van der Waals surface area (Å²) in [6.45, 7) is 2.20. The Kier molecular flexibility index (Phi) is 9.05. The molecule has 13 aromatic carbocycles. The van der Waals surface area contributed by atoms with Gasteiger partial charge in [0.15, 0.2) is 0 Å². The van der Waals surface area contributed by atoms with Crippen molar-refractivity contribution in [3.63, 3.8) is 0 Å². The fourth-order valence-electron chi connectivity index (χ4n) is 13.1. The van der Waals surface area contributed by atoms with Gasteiger partial charge in [0.2, 0.25) is 0 Å². The number of aryl methyl sites for hydroxylation is 1. The van der Waals surface area contributed by atoms with E-state index in [0.29, 0.717) is 0 Å². The topological polar surface area (TPSA) is 11.4 Å². The molecule has 348 valence electrons. The molecule has 1 aromatic heterocycles. The van der Waals surface area contributed by atoms with Crippen LogP contribution in [0.3, 0.4) is 0 Å². The van der Waals surface area contributed by atoms with Crippen molar-refractivity contribution in [3.05, 3.63) is 266 Å². The van der Waals surface area contributed by atoms with Gasteiger partial charge in [-0.2, -0.15) is 0 Å². The van der Waals surface area contributed by atoms with E-state index in [0.717, 1.165) is 22.7 Å². The maximum absolute atomic E-state index is 2.74. The molecule has 3 nitrogen and oxygen atoms in total. The van der Waals surface area contributed by atoms with Crippen molar-refractivity contribution in [2.24, 2.45) is 0 Å². The Bertz CT molecular complexity index is 4560. The van der Waals surface area contributed by atoms with Crippen LogP contribution < -0.4 is 20.7 Å². The molecule has 0 saturated heterocycles. The summed E-state index contributed by atoms with van der Waals surface area (Å²) in [5.41, 5.74) is 20.3. The quantitative estimate of drug-likeness (QED) is 0.122. The van der Waals surface area contributed by atoms with Gasteiger partial charge < -0.3 is 14.3 Å². The molecule has 0 bridgehead atoms. The van der Waals surface area contributed by atoms with Gasteiger partial charge in [-0.05, 0) is 173 Å². The lowest BCUT2D eigenvalue weighted by atomic mass is 9.44. The zero-order chi connectivity index (χ0) is 49.3. The molecule has 0 amide bonds. The predicted molar refractivity (Wildman–Crippen MR) is 320 cm³/mol. The number of nitrogens with zero attached hydrogens (tertiary/aromatic N) is 3. The Morgan fingerprint density at radius 3 is 1.59 bits per heavy atom. The Hall–Kier alpha value is -9.64. The maximum Gasteiger partial charge on any atom is 0.333 e. The van der Waals surface area contributed by atoms with Crippen molar-refractivity contribution in [1.82, 2.24) is 4.48 Å². The third-order valence-corrected chi connectivity index (χ3v) is 16.3. The average Bonchev–Trinajstić information content (AvgIpc) is 3.84. The normalized spacial score (nSPS) is 12.5. The van der Waals surface area contributed by atoms with Crippen molar-refractivity contribution in [2.45, 2.75) is 6.92 Å². The van der Waals surface area contributed by atoms with Crippen LogP contribution in [0.4, 0.5) is 34.1 Å². The van der Waals surface area contributed by atoms with Crippen LogP contribution in [0, 0.1) is 6.92 Å². The van der Waals surface area contributed by atoms with Crippen LogP contribution in [0.5, 0.6) is 0 Å². The second-order valence-corrected chi connectivity index (χ2v) is 20.5. The van der Waals surface area contributed by atoms with Gasteiger partial charge in [0, 0.05) is 61.5 Å². The van der Waals surface area contributed by atoms with E-state index >= 15 is 0 Å². The van der Waals surface area contributed by atoms with Crippen molar-refractivity contribution in [2.75, 3.05) is 9.80 Å². The predicted octanol–water partition coefficient (Wildman–Crippen LogP) is 17.9. The SMILES string of the molecule is Cc1c2c(cc3cc4ccccc4cc13)B1c3c(cc(N(c4ccccc4)c4ccccc4)cc3N2c2cc(-c3ccccc3)cc(-c3ccccc3)c2)-c2cc3ccccc3c3c4c5ccccc5ccc4n1c23. The van der Waals surface area contributed by atoms with Crippen molar-refractivity contribution in [1.29, 1.82) is 0 Å². The molecule has 0 radical (unpaired) electrons. The highest BCUT2D eigenvalue weighted by atomic mass is 15.2. The van der Waals surface area contributed by atoms with Crippen molar-refractivity contribution in [3.8, 4) is 33.4 Å². The Morgan fingerprint density at radius 1 is 0.373 bits per heavy atom. The third kappa shape index (κ3) is 6.24. The Morgan fingerprint density at radius 2 is 0.933 bits per heavy atom. The number of hydrogen-bond donors (Lipinski definition) is 0. The van der Waals surface area contributed by atoms with Crippen LogP contribution in [-0.2, 0) is 0 Å². The standard InChI is InChI=1S/C71H46BN3/c1-45-61-40-50-26-15-14-25-49(50)36-54(61)42-64-70(45)74(57-38-52(46-20-6-2-7-21-46)37-53(39-57)47-22-8-3-9-23-47)66-44-58(73(55-28-10-4-11-29-55)56-30-12-5-13-31-56)43-62-63-41-51-27-17-19-33-60(51)68-67-59-32-18-16-24-48(59)34-35-65(67)75(71(63)68)72(64)69(62)66/h2-44H,1H3. The van der Waals surface area contributed by atoms with Gasteiger partial charge >= 0.3 is 6.85 Å². The van der Waals surface area contributed by atoms with Crippen LogP contribution in [-0.4, -0.2) is 11.3 Å². The maximum atomic E-state index is 2.74. The fraction of sp³-hybridized carbons (Fsp3) is 0.0141. The van der Waals surface area contributed by atoms with E-state index < -0.39 is 0 Å². The molecule has 14 aromatic rings. The van der Waals surface area contributed by atoms with E-state index in [9.17, 15) is 0 Å². The number of benzene rings is 13. The number of hydrogen-bond acceptors (Lipinski definition) is 2. The first kappa shape index (κ1) is 41.9. The molecule has 2 aliphatic heterocycles. The molecule has 0 saturated carbocycles. The molecule has 0 fully saturated rings. The van der Waals surface area contributed by atoms with Crippen molar-refractivity contribution < 1.29 is 0 Å². The lowest BCUT2D eigenvalue weighted by Crippen LogP contribution is -2.57. The zero-order valence-electron chi connectivity index (χ0n) is 41.2. The number of fused-ring (bicyclic) bond motifs is 13. The molecule has 0 spiro atoms. The zero-order valence-corrected chi connectivity index (χ0v) is 41.2. The van der Waals surface area contributed by atoms with E-state index in [4.69, 9.17) is 0 Å². The largest absolute Gasteiger partial charge is 0.375 e. The molecule has 16 rings (SSSR count). The van der Waals surface area contributed by atoms with Gasteiger partial charge in [0.25, 0.3) is 0 Å². The summed E-state index contributed by atoms with van der Waals surface area (Å²) in [6, 6.07) is 97.3. The van der Waals surface area contributed by atoms with Gasteiger partial charge in [-0.1, -0.05) is 182 Å². The van der Waals surface area contributed by atoms with Gasteiger partial charge in [-0.3, -0.25) is 0 Å². The first-order chi connectivity index (χ1) is 37.1. The summed E-state index contributed by atoms with van der Waals surface area (Å²) in [5, 5.41) is 12.6. The van der Waals surface area contributed by atoms with Crippen molar-refractivity contribution >= 4 is 117 Å². The molecule has 75 heavy (non-hydrogen) atoms. The second-order valence-electron chi connectivity index (χ2n) is 20.5. The lowest BCUT2D eigenvalue weighted by Gasteiger charge is -2.43. The van der Waals surface area contributed by atoms with E-state index in [2.05, 4.69) is 282 Å². The third-order valence-electron chi connectivity index (χ3n) is 16.3. The first-order valence-corrected chi connectivity index (χ1v) is 26.1. The van der Waals surface area contributed by atoms with Gasteiger partial charge in [0.05, 0.1) is 0 Å². The first-order valence-electron chi connectivity index (χ1n) is 26.1. The summed E-state index contributed by atoms with van der Waals surface area (Å²) >= 11 is 0. The van der Waals surface area contributed by atoms with Crippen LogP contribution >= 0.6 is 0 Å². The molecule has 2 aliphatic rings. The molecule has 3 heterocycles. The van der Waals surface area contributed by atoms with Crippen LogP contribution in [0.2, 0.25) is 0 Å². The summed E-state index contributed by atoms with van der Waals surface area (Å²) in [6.07, 6.45) is 0. The minimum absolute atomic E-state index is 0.174. The van der Waals surface area contributed by atoms with E-state index in [1.165, 1.54) is 126 Å². The van der Waals surface area contributed by atoms with Gasteiger partial charge in [-0.25, -0.2) is 0 Å². The van der Waals surface area contributed by atoms with Crippen LogP contribution in [0.1, 0.15) is 5.56 Å². The number of para-hydroxylation sites is 2. The van der Waals surface area contributed by atoms with Gasteiger partial charge in [-0.15, -0.1) is 0 Å². The lowest BCUT2D eigenvalue weighted by molar-refractivity contribution is 1.23. The number of rotatable bonds is 6. The smallest absolute Gasteiger partial charge is 0.333 e. The van der Waals surface area contributed by atoms with Gasteiger partial charge in [0.1, 0.15) is 0 Å². The molecule has 0 N–H and O–H groups in total. The number of anilines is 6. The van der Waals surface area contributed by atoms with E-state index in [-0.39, 0.29) is 6.85 Å². The highest BCUT2D eigenvalue weighted by Crippen LogP contribution is 2.52. The summed E-state index contributed by atoms with van der Waals surface area (Å²) in [5.74, 6) is 0. The number of aromatic nitrogens is 1. The minimum atomic E-state index is -0.174. The average molecular weight is 952 g/mol. The minimum Gasteiger partial charge on any atom is -0.375 e. The van der Waals surface area contributed by atoms with E-state index in [1.807, 2.05) is 0 Å². The summed E-state index contributed by atoms with van der Waals surface area (Å²) in [7, 11) is 0. The molecule has 0 aliphatic carbocycles. The molecular formula is C71H46BN3. The molecular weight excluding hydrogens is 906 g/mol. The monoisotopic (exact) mass is 951 g/mol. The highest BCUT2D eigenvalue weighted by Gasteiger charge is 2.45. The van der Waals surface area contributed by atoms with Crippen LogP contribution in [0.15, 0.2) is 261 Å². The van der Waals surface area contributed by atoms with E-state index in [1.54, 1.807) is 0 Å². The Balaban J connectivity index is 1.12. The second kappa shape index (κ2) is 16.2. The highest BCUT2D eigenvalue weighted by molar-refractivity contribution is 6.90. The molecule has 4 heteroatoms. The van der Waals surface area contributed by atoms with Crippen LogP contribution in [0.25, 0.3) is 98.3 Å². The fourth-order valence-corrected chi connectivity index (χ4v) is 13.1. The summed E-state index contributed by atoms with van der Waals surface area (Å²) in [4.78, 5) is 5.10. The molecule has 0 unspecified atom stereocenters. The summed E-state index contributed by atoms with van der Waals surface area (Å²) < 4.78 is 2.74. The molecule has 0 atom stereocenters.